The fraction of sp³-hybridized carbons (Fsp3) is 0.625. The summed E-state index contributed by atoms with van der Waals surface area (Å²) in [6, 6.07) is 6.84. The number of hydrogen-bond donors (Lipinski definition) is 1. The van der Waals surface area contributed by atoms with Gasteiger partial charge in [-0.2, -0.15) is 0 Å². The summed E-state index contributed by atoms with van der Waals surface area (Å²) < 4.78 is 11.4. The Hall–Kier alpha value is -1.06. The molecule has 3 heteroatoms. The lowest BCUT2D eigenvalue weighted by atomic mass is 9.90. The maximum absolute atomic E-state index is 6.16. The Bertz CT molecular complexity index is 419. The van der Waals surface area contributed by atoms with Crippen molar-refractivity contribution in [2.24, 2.45) is 5.92 Å². The van der Waals surface area contributed by atoms with E-state index in [9.17, 15) is 0 Å². The van der Waals surface area contributed by atoms with Crippen molar-refractivity contribution in [1.82, 2.24) is 5.32 Å². The van der Waals surface area contributed by atoms with Crippen LogP contribution >= 0.6 is 0 Å². The van der Waals surface area contributed by atoms with Crippen LogP contribution in [0.1, 0.15) is 37.4 Å². The molecule has 0 bridgehead atoms. The van der Waals surface area contributed by atoms with Crippen LogP contribution in [0.2, 0.25) is 0 Å². The molecule has 106 valence electrons. The third-order valence-corrected chi connectivity index (χ3v) is 3.80. The van der Waals surface area contributed by atoms with Crippen molar-refractivity contribution in [2.75, 3.05) is 20.3 Å². The maximum Gasteiger partial charge on any atom is 0.124 e. The fourth-order valence-electron chi connectivity index (χ4n) is 2.78. The molecule has 3 atom stereocenters. The first-order valence-corrected chi connectivity index (χ1v) is 7.15. The van der Waals surface area contributed by atoms with Gasteiger partial charge in [0, 0.05) is 31.1 Å². The molecule has 0 aromatic heterocycles. The normalized spacial score (nSPS) is 23.6. The number of fused-ring (bicyclic) bond motifs is 1. The number of nitrogens with one attached hydrogen (secondary N) is 1. The third-order valence-electron chi connectivity index (χ3n) is 3.80. The second-order valence-electron chi connectivity index (χ2n) is 5.48. The molecule has 0 radical (unpaired) electrons. The summed E-state index contributed by atoms with van der Waals surface area (Å²) >= 11 is 0. The second kappa shape index (κ2) is 6.40. The predicted molar refractivity (Wildman–Crippen MR) is 77.7 cm³/mol. The smallest absolute Gasteiger partial charge is 0.124 e. The number of rotatable bonds is 5. The van der Waals surface area contributed by atoms with E-state index in [-0.39, 0.29) is 6.10 Å². The second-order valence-corrected chi connectivity index (χ2v) is 5.48. The van der Waals surface area contributed by atoms with Crippen molar-refractivity contribution >= 4 is 0 Å². The highest BCUT2D eigenvalue weighted by Crippen LogP contribution is 2.37. The lowest BCUT2D eigenvalue weighted by Gasteiger charge is -2.35. The fourth-order valence-corrected chi connectivity index (χ4v) is 2.78. The van der Waals surface area contributed by atoms with E-state index in [2.05, 4.69) is 44.3 Å². The van der Waals surface area contributed by atoms with E-state index in [1.54, 1.807) is 7.11 Å². The number of ether oxygens (including phenoxy) is 2. The van der Waals surface area contributed by atoms with E-state index in [4.69, 9.17) is 9.47 Å². The Labute approximate surface area is 116 Å². The van der Waals surface area contributed by atoms with Crippen LogP contribution in [0, 0.1) is 12.8 Å². The van der Waals surface area contributed by atoms with Gasteiger partial charge in [-0.3, -0.25) is 0 Å². The number of aryl methyl sites for hydroxylation is 1. The Morgan fingerprint density at radius 1 is 1.47 bits per heavy atom. The molecular formula is C16H25NO2. The molecule has 1 aromatic rings. The average molecular weight is 263 g/mol. The van der Waals surface area contributed by atoms with Crippen LogP contribution in [0.25, 0.3) is 0 Å². The van der Waals surface area contributed by atoms with Crippen LogP contribution in [0.5, 0.6) is 5.75 Å². The molecule has 1 aromatic carbocycles. The molecule has 1 aliphatic heterocycles. The Morgan fingerprint density at radius 2 is 2.26 bits per heavy atom. The van der Waals surface area contributed by atoms with Crippen molar-refractivity contribution in [3.63, 3.8) is 0 Å². The molecular weight excluding hydrogens is 238 g/mol. The summed E-state index contributed by atoms with van der Waals surface area (Å²) in [5, 5.41) is 3.57. The summed E-state index contributed by atoms with van der Waals surface area (Å²) in [7, 11) is 1.75. The van der Waals surface area contributed by atoms with E-state index in [1.165, 1.54) is 11.1 Å². The van der Waals surface area contributed by atoms with Crippen molar-refractivity contribution in [3.8, 4) is 5.75 Å². The number of hydrogen-bond acceptors (Lipinski definition) is 3. The van der Waals surface area contributed by atoms with Gasteiger partial charge in [0.05, 0.1) is 6.61 Å². The molecule has 0 fully saturated rings. The third kappa shape index (κ3) is 3.28. The zero-order chi connectivity index (χ0) is 13.8. The summed E-state index contributed by atoms with van der Waals surface area (Å²) in [5.41, 5.74) is 2.58. The van der Waals surface area contributed by atoms with E-state index in [0.717, 1.165) is 25.3 Å². The summed E-state index contributed by atoms with van der Waals surface area (Å²) in [4.78, 5) is 0. The summed E-state index contributed by atoms with van der Waals surface area (Å²) in [6.45, 7) is 8.19. The van der Waals surface area contributed by atoms with Gasteiger partial charge in [0.25, 0.3) is 0 Å². The molecule has 1 aliphatic rings. The van der Waals surface area contributed by atoms with Gasteiger partial charge in [-0.1, -0.05) is 31.5 Å². The highest BCUT2D eigenvalue weighted by atomic mass is 16.5. The Kier molecular flexibility index (Phi) is 4.83. The molecule has 0 saturated carbocycles. The van der Waals surface area contributed by atoms with Gasteiger partial charge >= 0.3 is 0 Å². The zero-order valence-electron chi connectivity index (χ0n) is 12.4. The van der Waals surface area contributed by atoms with Crippen LogP contribution in [0.3, 0.4) is 0 Å². The monoisotopic (exact) mass is 263 g/mol. The van der Waals surface area contributed by atoms with Crippen LogP contribution in [0.15, 0.2) is 18.2 Å². The Morgan fingerprint density at radius 3 is 2.95 bits per heavy atom. The van der Waals surface area contributed by atoms with E-state index in [0.29, 0.717) is 12.0 Å². The van der Waals surface area contributed by atoms with Crippen molar-refractivity contribution in [1.29, 1.82) is 0 Å². The summed E-state index contributed by atoms with van der Waals surface area (Å²) in [5.74, 6) is 1.43. The molecule has 3 unspecified atom stereocenters. The van der Waals surface area contributed by atoms with Crippen LogP contribution in [-0.4, -0.2) is 26.4 Å². The highest BCUT2D eigenvalue weighted by molar-refractivity contribution is 5.41. The minimum Gasteiger partial charge on any atom is -0.490 e. The maximum atomic E-state index is 6.16. The van der Waals surface area contributed by atoms with Gasteiger partial charge in [0.1, 0.15) is 11.9 Å². The minimum absolute atomic E-state index is 0.221. The molecule has 1 N–H and O–H groups in total. The molecule has 1 heterocycles. The number of benzene rings is 1. The lowest BCUT2D eigenvalue weighted by molar-refractivity contribution is 0.0502. The van der Waals surface area contributed by atoms with E-state index >= 15 is 0 Å². The minimum atomic E-state index is 0.221. The van der Waals surface area contributed by atoms with Crippen LogP contribution in [-0.2, 0) is 4.74 Å². The van der Waals surface area contributed by atoms with Crippen molar-refractivity contribution in [3.05, 3.63) is 29.3 Å². The lowest BCUT2D eigenvalue weighted by Crippen LogP contribution is -2.37. The number of methoxy groups -OCH3 is 1. The standard InChI is InChI=1S/C16H25NO2/c1-5-17-14-9-16(12(3)10-18-4)19-15-7-6-11(2)8-13(14)15/h6-8,12,14,16-17H,5,9-10H2,1-4H3. The van der Waals surface area contributed by atoms with Gasteiger partial charge < -0.3 is 14.8 Å². The predicted octanol–water partition coefficient (Wildman–Crippen LogP) is 3.08. The summed E-state index contributed by atoms with van der Waals surface area (Å²) in [6.07, 6.45) is 1.23. The SMILES string of the molecule is CCNC1CC(C(C)COC)Oc2ccc(C)cc21. The molecule has 2 rings (SSSR count). The van der Waals surface area contributed by atoms with Crippen molar-refractivity contribution < 1.29 is 9.47 Å². The highest BCUT2D eigenvalue weighted by Gasteiger charge is 2.31. The molecule has 0 amide bonds. The molecule has 0 saturated heterocycles. The van der Waals surface area contributed by atoms with Crippen molar-refractivity contribution in [2.45, 2.75) is 39.3 Å². The van der Waals surface area contributed by atoms with Gasteiger partial charge in [-0.15, -0.1) is 0 Å². The molecule has 0 aliphatic carbocycles. The zero-order valence-corrected chi connectivity index (χ0v) is 12.4. The molecule has 0 spiro atoms. The average Bonchev–Trinajstić information content (AvgIpc) is 2.39. The molecule has 3 nitrogen and oxygen atoms in total. The van der Waals surface area contributed by atoms with E-state index < -0.39 is 0 Å². The largest absolute Gasteiger partial charge is 0.490 e. The molecule has 19 heavy (non-hydrogen) atoms. The first-order valence-electron chi connectivity index (χ1n) is 7.15. The van der Waals surface area contributed by atoms with E-state index in [1.807, 2.05) is 0 Å². The van der Waals surface area contributed by atoms with Crippen LogP contribution in [0.4, 0.5) is 0 Å². The van der Waals surface area contributed by atoms with Gasteiger partial charge in [-0.05, 0) is 19.5 Å². The van der Waals surface area contributed by atoms with Gasteiger partial charge in [-0.25, -0.2) is 0 Å². The topological polar surface area (TPSA) is 30.5 Å². The van der Waals surface area contributed by atoms with Crippen LogP contribution < -0.4 is 10.1 Å². The first-order chi connectivity index (χ1) is 9.15. The first kappa shape index (κ1) is 14.4. The van der Waals surface area contributed by atoms with Gasteiger partial charge in [0.15, 0.2) is 0 Å². The Balaban J connectivity index is 2.22. The van der Waals surface area contributed by atoms with Gasteiger partial charge in [0.2, 0.25) is 0 Å². The quantitative estimate of drug-likeness (QED) is 0.885.